The molecule has 0 bridgehead atoms. The lowest BCUT2D eigenvalue weighted by atomic mass is 9.65. The van der Waals surface area contributed by atoms with Crippen LogP contribution in [0.5, 0.6) is 11.5 Å². The van der Waals surface area contributed by atoms with E-state index in [-0.39, 0.29) is 17.5 Å². The number of alkyl halides is 3. The van der Waals surface area contributed by atoms with Crippen LogP contribution in [0.1, 0.15) is 50.2 Å². The number of amides is 2. The number of carbonyl (C=O) groups excluding carboxylic acids is 1. The minimum absolute atomic E-state index is 0.0309. The summed E-state index contributed by atoms with van der Waals surface area (Å²) in [5, 5.41) is 5.72. The summed E-state index contributed by atoms with van der Waals surface area (Å²) in [5.74, 6) is 1.42. The van der Waals surface area contributed by atoms with E-state index in [0.29, 0.717) is 17.2 Å². The van der Waals surface area contributed by atoms with E-state index in [2.05, 4.69) is 34.6 Å². The quantitative estimate of drug-likeness (QED) is 0.498. The van der Waals surface area contributed by atoms with Gasteiger partial charge in [-0.1, -0.05) is 13.0 Å². The number of methoxy groups -OCH3 is 2. The zero-order valence-electron chi connectivity index (χ0n) is 21.0. The van der Waals surface area contributed by atoms with Crippen LogP contribution in [0.15, 0.2) is 42.5 Å². The number of anilines is 1. The monoisotopic (exact) mass is 505 g/mol. The maximum absolute atomic E-state index is 12.8. The number of benzene rings is 2. The fourth-order valence-electron chi connectivity index (χ4n) is 5.91. The molecule has 196 valence electrons. The Bertz CT molecular complexity index is 1060. The van der Waals surface area contributed by atoms with Gasteiger partial charge in [0.1, 0.15) is 0 Å². The molecule has 2 aliphatic rings. The summed E-state index contributed by atoms with van der Waals surface area (Å²) in [6, 6.07) is 10.5. The molecule has 1 saturated carbocycles. The van der Waals surface area contributed by atoms with E-state index in [1.165, 1.54) is 17.7 Å². The van der Waals surface area contributed by atoms with Gasteiger partial charge in [-0.25, -0.2) is 4.79 Å². The average molecular weight is 506 g/mol. The molecule has 0 unspecified atom stereocenters. The molecular formula is C27H34F3N3O3. The Labute approximate surface area is 210 Å². The Kier molecular flexibility index (Phi) is 7.68. The van der Waals surface area contributed by atoms with Gasteiger partial charge in [0.15, 0.2) is 11.5 Å². The smallest absolute Gasteiger partial charge is 0.416 e. The summed E-state index contributed by atoms with van der Waals surface area (Å²) in [5.41, 5.74) is 0.780. The number of likely N-dealkylation sites (tertiary alicyclic amines) is 1. The second-order valence-corrected chi connectivity index (χ2v) is 9.67. The predicted octanol–water partition coefficient (Wildman–Crippen LogP) is 5.82. The van der Waals surface area contributed by atoms with Crippen molar-refractivity contribution in [2.24, 2.45) is 0 Å². The molecule has 9 heteroatoms. The van der Waals surface area contributed by atoms with E-state index in [0.717, 1.165) is 57.3 Å². The molecule has 1 heterocycles. The Hall–Kier alpha value is -2.94. The topological polar surface area (TPSA) is 62.8 Å². The van der Waals surface area contributed by atoms with Crippen LogP contribution in [0.25, 0.3) is 0 Å². The van der Waals surface area contributed by atoms with Crippen LogP contribution in [0.4, 0.5) is 23.7 Å². The number of ether oxygens (including phenoxy) is 2. The molecule has 0 aromatic heterocycles. The lowest BCUT2D eigenvalue weighted by molar-refractivity contribution is -0.137. The highest BCUT2D eigenvalue weighted by molar-refractivity contribution is 5.89. The van der Waals surface area contributed by atoms with E-state index in [1.807, 2.05) is 6.07 Å². The Balaban J connectivity index is 1.47. The molecule has 1 saturated heterocycles. The number of carbonyl (C=O) groups is 1. The van der Waals surface area contributed by atoms with E-state index in [1.54, 1.807) is 14.2 Å². The number of fused-ring (bicyclic) bond motifs is 1. The molecule has 2 aromatic rings. The van der Waals surface area contributed by atoms with Gasteiger partial charge in [0, 0.05) is 23.2 Å². The third-order valence-electron chi connectivity index (χ3n) is 7.65. The van der Waals surface area contributed by atoms with Crippen molar-refractivity contribution in [1.82, 2.24) is 10.2 Å². The number of hydrogen-bond acceptors (Lipinski definition) is 4. The standard InChI is InChI=1S/C27H34F3N3O3/c1-4-14-33-15-13-26(19-7-10-22(35-2)23(16-19)36-3)12-11-21(17-24(26)33)32-25(34)31-20-8-5-18(6-9-20)27(28,29)30/h5-10,16,21,24H,4,11-15,17H2,1-3H3,(H2,31,32,34)/t21-,24+,26+/m1/s1. The van der Waals surface area contributed by atoms with Gasteiger partial charge in [-0.15, -0.1) is 0 Å². The number of urea groups is 1. The van der Waals surface area contributed by atoms with Gasteiger partial charge >= 0.3 is 12.2 Å². The minimum Gasteiger partial charge on any atom is -0.493 e. The molecule has 2 amide bonds. The highest BCUT2D eigenvalue weighted by Crippen LogP contribution is 2.50. The number of rotatable bonds is 7. The highest BCUT2D eigenvalue weighted by atomic mass is 19.4. The Morgan fingerprint density at radius 2 is 1.81 bits per heavy atom. The molecule has 3 atom stereocenters. The van der Waals surface area contributed by atoms with Crippen molar-refractivity contribution in [3.63, 3.8) is 0 Å². The van der Waals surface area contributed by atoms with Crippen LogP contribution in [-0.4, -0.2) is 50.3 Å². The minimum atomic E-state index is -4.41. The normalized spacial score (nSPS) is 24.2. The number of hydrogen-bond donors (Lipinski definition) is 2. The van der Waals surface area contributed by atoms with Crippen LogP contribution in [0.2, 0.25) is 0 Å². The van der Waals surface area contributed by atoms with Crippen molar-refractivity contribution in [2.75, 3.05) is 32.6 Å². The molecule has 2 fully saturated rings. The van der Waals surface area contributed by atoms with Crippen LogP contribution in [0, 0.1) is 0 Å². The van der Waals surface area contributed by atoms with Crippen molar-refractivity contribution in [3.05, 3.63) is 53.6 Å². The van der Waals surface area contributed by atoms with Gasteiger partial charge in [-0.2, -0.15) is 13.2 Å². The van der Waals surface area contributed by atoms with Gasteiger partial charge in [0.25, 0.3) is 0 Å². The van der Waals surface area contributed by atoms with Gasteiger partial charge in [-0.3, -0.25) is 4.90 Å². The summed E-state index contributed by atoms with van der Waals surface area (Å²) >= 11 is 0. The van der Waals surface area contributed by atoms with Crippen LogP contribution in [0.3, 0.4) is 0 Å². The highest BCUT2D eigenvalue weighted by Gasteiger charge is 2.51. The second kappa shape index (κ2) is 10.6. The third kappa shape index (κ3) is 5.26. The third-order valence-corrected chi connectivity index (χ3v) is 7.65. The predicted molar refractivity (Wildman–Crippen MR) is 133 cm³/mol. The lowest BCUT2D eigenvalue weighted by Crippen LogP contribution is -2.53. The summed E-state index contributed by atoms with van der Waals surface area (Å²) in [6.07, 6.45) is 0.205. The van der Waals surface area contributed by atoms with Crippen molar-refractivity contribution < 1.29 is 27.4 Å². The zero-order chi connectivity index (χ0) is 25.9. The van der Waals surface area contributed by atoms with E-state index in [4.69, 9.17) is 9.47 Å². The van der Waals surface area contributed by atoms with Gasteiger partial charge in [-0.05, 0) is 87.2 Å². The fourth-order valence-corrected chi connectivity index (χ4v) is 5.91. The van der Waals surface area contributed by atoms with Crippen molar-refractivity contribution in [3.8, 4) is 11.5 Å². The van der Waals surface area contributed by atoms with E-state index >= 15 is 0 Å². The molecular weight excluding hydrogens is 471 g/mol. The van der Waals surface area contributed by atoms with Crippen LogP contribution >= 0.6 is 0 Å². The number of nitrogens with one attached hydrogen (secondary N) is 2. The largest absolute Gasteiger partial charge is 0.493 e. The summed E-state index contributed by atoms with van der Waals surface area (Å²) in [6.45, 7) is 4.16. The van der Waals surface area contributed by atoms with Gasteiger partial charge in [0.05, 0.1) is 19.8 Å². The van der Waals surface area contributed by atoms with Crippen molar-refractivity contribution >= 4 is 11.7 Å². The summed E-state index contributed by atoms with van der Waals surface area (Å²) < 4.78 is 49.4. The molecule has 1 aliphatic heterocycles. The summed E-state index contributed by atoms with van der Waals surface area (Å²) in [7, 11) is 3.27. The van der Waals surface area contributed by atoms with Gasteiger partial charge < -0.3 is 20.1 Å². The summed E-state index contributed by atoms with van der Waals surface area (Å²) in [4.78, 5) is 15.2. The van der Waals surface area contributed by atoms with Gasteiger partial charge in [0.2, 0.25) is 0 Å². The van der Waals surface area contributed by atoms with Crippen molar-refractivity contribution in [2.45, 2.75) is 62.7 Å². The molecule has 0 spiro atoms. The first kappa shape index (κ1) is 26.1. The Morgan fingerprint density at radius 1 is 1.08 bits per heavy atom. The van der Waals surface area contributed by atoms with E-state index in [9.17, 15) is 18.0 Å². The SMILES string of the molecule is CCCN1CC[C@]2(c3ccc(OC)c(OC)c3)CC[C@@H](NC(=O)Nc3ccc(C(F)(F)F)cc3)C[C@H]12. The number of halogens is 3. The maximum atomic E-state index is 12.8. The zero-order valence-corrected chi connectivity index (χ0v) is 21.0. The molecule has 0 radical (unpaired) electrons. The first-order chi connectivity index (χ1) is 17.2. The average Bonchev–Trinajstić information content (AvgIpc) is 3.22. The molecule has 2 N–H and O–H groups in total. The second-order valence-electron chi connectivity index (χ2n) is 9.67. The molecule has 1 aliphatic carbocycles. The molecule has 6 nitrogen and oxygen atoms in total. The van der Waals surface area contributed by atoms with Crippen LogP contribution < -0.4 is 20.1 Å². The molecule has 4 rings (SSSR count). The molecule has 2 aromatic carbocycles. The Morgan fingerprint density at radius 3 is 2.44 bits per heavy atom. The number of nitrogens with zero attached hydrogens (tertiary/aromatic N) is 1. The fraction of sp³-hybridized carbons (Fsp3) is 0.519. The van der Waals surface area contributed by atoms with Crippen molar-refractivity contribution in [1.29, 1.82) is 0 Å². The first-order valence-corrected chi connectivity index (χ1v) is 12.4. The lowest BCUT2D eigenvalue weighted by Gasteiger charge is -2.45. The van der Waals surface area contributed by atoms with E-state index < -0.39 is 17.8 Å². The molecule has 36 heavy (non-hydrogen) atoms. The van der Waals surface area contributed by atoms with Crippen LogP contribution in [-0.2, 0) is 11.6 Å². The maximum Gasteiger partial charge on any atom is 0.416 e. The first-order valence-electron chi connectivity index (χ1n) is 12.4.